The first-order valence-electron chi connectivity index (χ1n) is 4.98. The minimum Gasteiger partial charge on any atom is -0.359 e. The summed E-state index contributed by atoms with van der Waals surface area (Å²) in [6, 6.07) is 0. The van der Waals surface area contributed by atoms with Crippen LogP contribution in [0.15, 0.2) is 24.3 Å². The summed E-state index contributed by atoms with van der Waals surface area (Å²) < 4.78 is 5.35. The molecule has 0 radical (unpaired) electrons. The summed E-state index contributed by atoms with van der Waals surface area (Å²) in [7, 11) is 0. The molecule has 0 bridgehead atoms. The van der Waals surface area contributed by atoms with Gasteiger partial charge in [-0.2, -0.15) is 0 Å². The van der Waals surface area contributed by atoms with E-state index >= 15 is 0 Å². The van der Waals surface area contributed by atoms with E-state index in [2.05, 4.69) is 6.92 Å². The van der Waals surface area contributed by atoms with Crippen LogP contribution in [0.25, 0.3) is 0 Å². The standard InChI is InChI=1S/C11H18O2/c1-2-3-7-10-13-11(12)8-5-4-6-9-11/h5-6,8-9,12H,2-4,7,10H2,1H3. The molecule has 0 aromatic rings. The number of allylic oxidation sites excluding steroid dienone is 2. The van der Waals surface area contributed by atoms with E-state index in [1.54, 1.807) is 12.2 Å². The van der Waals surface area contributed by atoms with Crippen molar-refractivity contribution in [3.63, 3.8) is 0 Å². The molecule has 74 valence electrons. The van der Waals surface area contributed by atoms with Gasteiger partial charge in [0, 0.05) is 0 Å². The molecule has 1 N–H and O–H groups in total. The summed E-state index contributed by atoms with van der Waals surface area (Å²) in [4.78, 5) is 0. The van der Waals surface area contributed by atoms with Crippen LogP contribution in [0, 0.1) is 0 Å². The fourth-order valence-corrected chi connectivity index (χ4v) is 1.29. The predicted octanol–water partition coefficient (Wildman–Crippen LogP) is 2.40. The van der Waals surface area contributed by atoms with E-state index in [0.29, 0.717) is 6.61 Å². The second kappa shape index (κ2) is 5.20. The maximum absolute atomic E-state index is 9.77. The average Bonchev–Trinajstić information content (AvgIpc) is 2.14. The van der Waals surface area contributed by atoms with Crippen LogP contribution in [0.5, 0.6) is 0 Å². The van der Waals surface area contributed by atoms with Crippen LogP contribution in [0.3, 0.4) is 0 Å². The zero-order valence-electron chi connectivity index (χ0n) is 8.20. The van der Waals surface area contributed by atoms with Gasteiger partial charge in [-0.25, -0.2) is 0 Å². The molecular formula is C11H18O2. The van der Waals surface area contributed by atoms with Crippen LogP contribution in [0.2, 0.25) is 0 Å². The number of hydrogen-bond acceptors (Lipinski definition) is 2. The molecule has 0 atom stereocenters. The summed E-state index contributed by atoms with van der Waals surface area (Å²) >= 11 is 0. The quantitative estimate of drug-likeness (QED) is 0.402. The lowest BCUT2D eigenvalue weighted by Crippen LogP contribution is -2.28. The van der Waals surface area contributed by atoms with Crippen molar-refractivity contribution in [1.82, 2.24) is 0 Å². The number of rotatable bonds is 5. The monoisotopic (exact) mass is 182 g/mol. The number of ether oxygens (including phenoxy) is 1. The molecule has 13 heavy (non-hydrogen) atoms. The van der Waals surface area contributed by atoms with Crippen LogP contribution in [-0.4, -0.2) is 17.5 Å². The Balaban J connectivity index is 2.22. The highest BCUT2D eigenvalue weighted by Crippen LogP contribution is 2.17. The van der Waals surface area contributed by atoms with Gasteiger partial charge < -0.3 is 9.84 Å². The fourth-order valence-electron chi connectivity index (χ4n) is 1.29. The van der Waals surface area contributed by atoms with E-state index in [4.69, 9.17) is 4.74 Å². The molecule has 0 spiro atoms. The highest BCUT2D eigenvalue weighted by molar-refractivity contribution is 5.15. The molecule has 0 heterocycles. The zero-order chi connectivity index (χ0) is 9.57. The van der Waals surface area contributed by atoms with Gasteiger partial charge >= 0.3 is 0 Å². The van der Waals surface area contributed by atoms with E-state index < -0.39 is 5.79 Å². The zero-order valence-corrected chi connectivity index (χ0v) is 8.20. The first-order valence-corrected chi connectivity index (χ1v) is 4.98. The maximum atomic E-state index is 9.77. The van der Waals surface area contributed by atoms with Gasteiger partial charge in [-0.1, -0.05) is 31.9 Å². The van der Waals surface area contributed by atoms with Gasteiger partial charge in [-0.15, -0.1) is 0 Å². The Kier molecular flexibility index (Phi) is 4.19. The van der Waals surface area contributed by atoms with Crippen molar-refractivity contribution in [2.24, 2.45) is 0 Å². The largest absolute Gasteiger partial charge is 0.359 e. The molecule has 0 saturated heterocycles. The molecule has 1 aliphatic rings. The molecule has 0 aliphatic heterocycles. The summed E-state index contributed by atoms with van der Waals surface area (Å²) in [6.07, 6.45) is 11.5. The summed E-state index contributed by atoms with van der Waals surface area (Å²) in [5.74, 6) is -1.13. The molecular weight excluding hydrogens is 164 g/mol. The van der Waals surface area contributed by atoms with Crippen molar-refractivity contribution < 1.29 is 9.84 Å². The third-order valence-corrected chi connectivity index (χ3v) is 2.07. The molecule has 0 aromatic carbocycles. The number of unbranched alkanes of at least 4 members (excludes halogenated alkanes) is 2. The Morgan fingerprint density at radius 3 is 2.62 bits per heavy atom. The molecule has 1 rings (SSSR count). The molecule has 2 nitrogen and oxygen atoms in total. The Morgan fingerprint density at radius 2 is 2.00 bits per heavy atom. The minimum absolute atomic E-state index is 0.624. The van der Waals surface area contributed by atoms with Crippen molar-refractivity contribution in [1.29, 1.82) is 0 Å². The van der Waals surface area contributed by atoms with E-state index in [-0.39, 0.29) is 0 Å². The Bertz CT molecular complexity index is 182. The first-order chi connectivity index (χ1) is 6.27. The van der Waals surface area contributed by atoms with Crippen LogP contribution < -0.4 is 0 Å². The summed E-state index contributed by atoms with van der Waals surface area (Å²) in [5, 5.41) is 9.77. The molecule has 0 saturated carbocycles. The van der Waals surface area contributed by atoms with Crippen molar-refractivity contribution in [3.05, 3.63) is 24.3 Å². The van der Waals surface area contributed by atoms with Gasteiger partial charge in [0.1, 0.15) is 0 Å². The van der Waals surface area contributed by atoms with Crippen LogP contribution in [-0.2, 0) is 4.74 Å². The molecule has 1 aliphatic carbocycles. The highest BCUT2D eigenvalue weighted by atomic mass is 16.6. The lowest BCUT2D eigenvalue weighted by atomic mass is 10.1. The lowest BCUT2D eigenvalue weighted by molar-refractivity contribution is -0.131. The number of hydrogen-bond donors (Lipinski definition) is 1. The normalized spacial score (nSPS) is 19.2. The molecule has 0 aromatic heterocycles. The van der Waals surface area contributed by atoms with Gasteiger partial charge in [-0.3, -0.25) is 0 Å². The average molecular weight is 182 g/mol. The Morgan fingerprint density at radius 1 is 1.31 bits per heavy atom. The van der Waals surface area contributed by atoms with Gasteiger partial charge in [0.2, 0.25) is 5.79 Å². The fraction of sp³-hybridized carbons (Fsp3) is 0.636. The number of aliphatic hydroxyl groups is 1. The second-order valence-corrected chi connectivity index (χ2v) is 3.35. The van der Waals surface area contributed by atoms with Crippen molar-refractivity contribution in [2.75, 3.05) is 6.61 Å². The third kappa shape index (κ3) is 3.75. The van der Waals surface area contributed by atoms with Crippen LogP contribution >= 0.6 is 0 Å². The van der Waals surface area contributed by atoms with E-state index in [1.807, 2.05) is 12.2 Å². The predicted molar refractivity (Wildman–Crippen MR) is 53.3 cm³/mol. The van der Waals surface area contributed by atoms with Gasteiger partial charge in [-0.05, 0) is 25.0 Å². The Hall–Kier alpha value is -0.600. The smallest absolute Gasteiger partial charge is 0.205 e. The van der Waals surface area contributed by atoms with Crippen molar-refractivity contribution >= 4 is 0 Å². The highest BCUT2D eigenvalue weighted by Gasteiger charge is 2.20. The maximum Gasteiger partial charge on any atom is 0.205 e. The van der Waals surface area contributed by atoms with Crippen LogP contribution in [0.1, 0.15) is 32.6 Å². The molecule has 2 heteroatoms. The second-order valence-electron chi connectivity index (χ2n) is 3.35. The third-order valence-electron chi connectivity index (χ3n) is 2.07. The van der Waals surface area contributed by atoms with E-state index in [1.165, 1.54) is 6.42 Å². The van der Waals surface area contributed by atoms with Gasteiger partial charge in [0.15, 0.2) is 0 Å². The summed E-state index contributed by atoms with van der Waals surface area (Å²) in [6.45, 7) is 2.77. The molecule has 0 unspecified atom stereocenters. The summed E-state index contributed by atoms with van der Waals surface area (Å²) in [5.41, 5.74) is 0. The van der Waals surface area contributed by atoms with Gasteiger partial charge in [0.25, 0.3) is 0 Å². The first kappa shape index (κ1) is 10.5. The minimum atomic E-state index is -1.13. The lowest BCUT2D eigenvalue weighted by Gasteiger charge is -2.23. The van der Waals surface area contributed by atoms with E-state index in [9.17, 15) is 5.11 Å². The topological polar surface area (TPSA) is 29.5 Å². The van der Waals surface area contributed by atoms with Gasteiger partial charge in [0.05, 0.1) is 6.61 Å². The molecule has 0 fully saturated rings. The SMILES string of the molecule is CCCCCOC1(O)C=CCC=C1. The molecule has 0 amide bonds. The van der Waals surface area contributed by atoms with Crippen molar-refractivity contribution in [3.8, 4) is 0 Å². The Labute approximate surface area is 79.9 Å². The van der Waals surface area contributed by atoms with E-state index in [0.717, 1.165) is 19.3 Å². The van der Waals surface area contributed by atoms with Crippen molar-refractivity contribution in [2.45, 2.75) is 38.4 Å². The van der Waals surface area contributed by atoms with Crippen LogP contribution in [0.4, 0.5) is 0 Å².